The topological polar surface area (TPSA) is 66.6 Å². The second-order valence-corrected chi connectivity index (χ2v) is 6.01. The third kappa shape index (κ3) is 3.40. The van der Waals surface area contributed by atoms with Crippen molar-refractivity contribution in [2.24, 2.45) is 5.73 Å². The maximum atomic E-state index is 14.1. The average molecular weight is 308 g/mol. The van der Waals surface area contributed by atoms with Gasteiger partial charge in [-0.3, -0.25) is 0 Å². The van der Waals surface area contributed by atoms with Gasteiger partial charge in [-0.1, -0.05) is 12.1 Å². The predicted molar refractivity (Wildman–Crippen MR) is 81.8 cm³/mol. The van der Waals surface area contributed by atoms with Crippen molar-refractivity contribution in [3.63, 3.8) is 0 Å². The van der Waals surface area contributed by atoms with Gasteiger partial charge < -0.3 is 15.7 Å². The summed E-state index contributed by atoms with van der Waals surface area (Å²) in [5.41, 5.74) is 6.93. The molecule has 3 N–H and O–H groups in total. The molecule has 0 saturated carbocycles. The number of carboxylic acid groups (broad SMARTS) is 1. The molecule has 1 amide bonds. The van der Waals surface area contributed by atoms with Gasteiger partial charge >= 0.3 is 6.09 Å². The molecule has 1 aromatic carbocycles. The van der Waals surface area contributed by atoms with Crippen molar-refractivity contribution in [2.45, 2.75) is 19.5 Å². The molecule has 0 fully saturated rings. The molecular weight excluding hydrogens is 291 g/mol. The van der Waals surface area contributed by atoms with Crippen LogP contribution in [0.3, 0.4) is 0 Å². The Bertz CT molecular complexity index is 655. The molecule has 0 bridgehead atoms. The van der Waals surface area contributed by atoms with Gasteiger partial charge in [0, 0.05) is 28.4 Å². The van der Waals surface area contributed by atoms with Crippen LogP contribution in [0, 0.1) is 5.82 Å². The number of hydrogen-bond acceptors (Lipinski definition) is 3. The predicted octanol–water partition coefficient (Wildman–Crippen LogP) is 3.68. The summed E-state index contributed by atoms with van der Waals surface area (Å²) >= 11 is 1.49. The number of halogens is 1. The third-order valence-corrected chi connectivity index (χ3v) is 4.50. The first-order valence-electron chi connectivity index (χ1n) is 6.47. The molecule has 21 heavy (non-hydrogen) atoms. The zero-order valence-electron chi connectivity index (χ0n) is 11.8. The smallest absolute Gasteiger partial charge is 0.407 e. The Labute approximate surface area is 126 Å². The summed E-state index contributed by atoms with van der Waals surface area (Å²) in [6.07, 6.45) is -1.09. The van der Waals surface area contributed by atoms with Crippen LogP contribution >= 0.6 is 11.3 Å². The summed E-state index contributed by atoms with van der Waals surface area (Å²) in [6, 6.07) is 8.49. The van der Waals surface area contributed by atoms with Crippen molar-refractivity contribution >= 4 is 17.4 Å². The van der Waals surface area contributed by atoms with Gasteiger partial charge in [-0.25, -0.2) is 9.18 Å². The molecule has 1 aromatic heterocycles. The summed E-state index contributed by atoms with van der Waals surface area (Å²) in [6.45, 7) is 1.89. The van der Waals surface area contributed by atoms with Crippen LogP contribution in [0.2, 0.25) is 0 Å². The van der Waals surface area contributed by atoms with E-state index in [0.29, 0.717) is 11.1 Å². The number of hydrogen-bond donors (Lipinski definition) is 2. The molecule has 4 nitrogen and oxygen atoms in total. The van der Waals surface area contributed by atoms with Gasteiger partial charge in [-0.15, -0.1) is 11.3 Å². The highest BCUT2D eigenvalue weighted by Gasteiger charge is 2.16. The van der Waals surface area contributed by atoms with Gasteiger partial charge in [0.25, 0.3) is 0 Å². The Kier molecular flexibility index (Phi) is 4.59. The van der Waals surface area contributed by atoms with E-state index in [4.69, 9.17) is 10.8 Å². The zero-order chi connectivity index (χ0) is 15.6. The molecular formula is C15H17FN2O2S. The van der Waals surface area contributed by atoms with Crippen molar-refractivity contribution in [1.29, 1.82) is 0 Å². The fraction of sp³-hybridized carbons (Fsp3) is 0.267. The van der Waals surface area contributed by atoms with Crippen LogP contribution in [0.25, 0.3) is 10.4 Å². The molecule has 2 aromatic rings. The fourth-order valence-corrected chi connectivity index (χ4v) is 3.01. The molecule has 112 valence electrons. The number of nitrogens with two attached hydrogens (primary N) is 1. The van der Waals surface area contributed by atoms with Gasteiger partial charge in [0.1, 0.15) is 5.82 Å². The maximum Gasteiger partial charge on any atom is 0.407 e. The monoisotopic (exact) mass is 308 g/mol. The number of rotatable bonds is 4. The Balaban J connectivity index is 2.43. The van der Waals surface area contributed by atoms with Crippen molar-refractivity contribution in [1.82, 2.24) is 4.90 Å². The normalized spacial score (nSPS) is 12.2. The van der Waals surface area contributed by atoms with E-state index in [1.807, 2.05) is 19.1 Å². The minimum atomic E-state index is -1.09. The second kappa shape index (κ2) is 6.24. The maximum absolute atomic E-state index is 14.1. The SMILES string of the molecule is C[C@@H](N)c1ccc(-c2cccc(F)c2CN(C)C(=O)O)s1. The van der Waals surface area contributed by atoms with Crippen LogP contribution in [-0.4, -0.2) is 23.1 Å². The number of carbonyl (C=O) groups is 1. The highest BCUT2D eigenvalue weighted by Crippen LogP contribution is 2.34. The van der Waals surface area contributed by atoms with Crippen molar-refractivity contribution in [3.8, 4) is 10.4 Å². The molecule has 1 atom stereocenters. The highest BCUT2D eigenvalue weighted by atomic mass is 32.1. The second-order valence-electron chi connectivity index (χ2n) is 4.90. The van der Waals surface area contributed by atoms with Gasteiger partial charge in [-0.2, -0.15) is 0 Å². The van der Waals surface area contributed by atoms with E-state index in [-0.39, 0.29) is 12.6 Å². The molecule has 0 aliphatic carbocycles. The summed E-state index contributed by atoms with van der Waals surface area (Å²) in [7, 11) is 1.42. The summed E-state index contributed by atoms with van der Waals surface area (Å²) in [4.78, 5) is 13.9. The summed E-state index contributed by atoms with van der Waals surface area (Å²) < 4.78 is 14.1. The lowest BCUT2D eigenvalue weighted by atomic mass is 10.0. The van der Waals surface area contributed by atoms with Gasteiger partial charge in [-0.05, 0) is 30.7 Å². The highest BCUT2D eigenvalue weighted by molar-refractivity contribution is 7.15. The van der Waals surface area contributed by atoms with E-state index in [2.05, 4.69) is 0 Å². The first kappa shape index (κ1) is 15.5. The lowest BCUT2D eigenvalue weighted by molar-refractivity contribution is 0.153. The molecule has 1 heterocycles. The van der Waals surface area contributed by atoms with E-state index in [9.17, 15) is 9.18 Å². The molecule has 0 spiro atoms. The lowest BCUT2D eigenvalue weighted by Crippen LogP contribution is -2.24. The number of thiophene rings is 1. The number of amides is 1. The number of benzene rings is 1. The van der Waals surface area contributed by atoms with E-state index in [0.717, 1.165) is 14.7 Å². The Morgan fingerprint density at radius 2 is 2.14 bits per heavy atom. The van der Waals surface area contributed by atoms with Crippen LogP contribution < -0.4 is 5.73 Å². The quantitative estimate of drug-likeness (QED) is 0.905. The Hall–Kier alpha value is -1.92. The van der Waals surface area contributed by atoms with E-state index in [1.165, 1.54) is 24.5 Å². The van der Waals surface area contributed by atoms with Crippen molar-refractivity contribution < 1.29 is 14.3 Å². The first-order valence-corrected chi connectivity index (χ1v) is 7.29. The minimum absolute atomic E-state index is 0.00273. The molecule has 0 unspecified atom stereocenters. The van der Waals surface area contributed by atoms with Crippen LogP contribution in [0.4, 0.5) is 9.18 Å². The fourth-order valence-electron chi connectivity index (χ4n) is 2.00. The molecule has 0 radical (unpaired) electrons. The number of nitrogens with zero attached hydrogens (tertiary/aromatic N) is 1. The van der Waals surface area contributed by atoms with Gasteiger partial charge in [0.15, 0.2) is 0 Å². The molecule has 6 heteroatoms. The van der Waals surface area contributed by atoms with E-state index >= 15 is 0 Å². The molecule has 2 rings (SSSR count). The molecule has 0 aliphatic heterocycles. The largest absolute Gasteiger partial charge is 0.465 e. The summed E-state index contributed by atoms with van der Waals surface area (Å²) in [5.74, 6) is -0.406. The van der Waals surface area contributed by atoms with Crippen LogP contribution in [-0.2, 0) is 6.54 Å². The van der Waals surface area contributed by atoms with E-state index < -0.39 is 11.9 Å². The van der Waals surface area contributed by atoms with Crippen LogP contribution in [0.15, 0.2) is 30.3 Å². The van der Waals surface area contributed by atoms with Crippen LogP contribution in [0.1, 0.15) is 23.4 Å². The molecule has 0 aliphatic rings. The van der Waals surface area contributed by atoms with Crippen molar-refractivity contribution in [3.05, 3.63) is 46.6 Å². The average Bonchev–Trinajstić information content (AvgIpc) is 2.90. The first-order chi connectivity index (χ1) is 9.90. The van der Waals surface area contributed by atoms with E-state index in [1.54, 1.807) is 12.1 Å². The van der Waals surface area contributed by atoms with Gasteiger partial charge in [0.05, 0.1) is 6.54 Å². The lowest BCUT2D eigenvalue weighted by Gasteiger charge is -2.16. The third-order valence-electron chi connectivity index (χ3n) is 3.18. The van der Waals surface area contributed by atoms with Gasteiger partial charge in [0.2, 0.25) is 0 Å². The van der Waals surface area contributed by atoms with Crippen molar-refractivity contribution in [2.75, 3.05) is 7.05 Å². The molecule has 0 saturated heterocycles. The minimum Gasteiger partial charge on any atom is -0.465 e. The standard InChI is InChI=1S/C15H17FN2O2S/c1-9(17)13-6-7-14(21-13)10-4-3-5-12(16)11(10)8-18(2)15(19)20/h3-7,9H,8,17H2,1-2H3,(H,19,20)/t9-/m1/s1. The zero-order valence-corrected chi connectivity index (χ0v) is 12.7. The Morgan fingerprint density at radius 1 is 1.43 bits per heavy atom. The Morgan fingerprint density at radius 3 is 2.71 bits per heavy atom. The van der Waals surface area contributed by atoms with Crippen LogP contribution in [0.5, 0.6) is 0 Å². The summed E-state index contributed by atoms with van der Waals surface area (Å²) in [5, 5.41) is 8.96.